The summed E-state index contributed by atoms with van der Waals surface area (Å²) in [5, 5.41) is 0. The highest BCUT2D eigenvalue weighted by atomic mass is 16.5. The Labute approximate surface area is 158 Å². The Bertz CT molecular complexity index is 736. The molecule has 0 atom stereocenters. The second-order valence-corrected chi connectivity index (χ2v) is 5.52. The summed E-state index contributed by atoms with van der Waals surface area (Å²) in [5.74, 6) is 1.36. The van der Waals surface area contributed by atoms with Crippen molar-refractivity contribution in [3.63, 3.8) is 0 Å². The van der Waals surface area contributed by atoms with Crippen molar-refractivity contribution in [3.05, 3.63) is 54.5 Å². The molecule has 1 aromatic heterocycles. The molecule has 144 valence electrons. The molecule has 0 N–H and O–H groups in total. The number of hydrogen-bond acceptors (Lipinski definition) is 6. The average molecular weight is 373 g/mol. The van der Waals surface area contributed by atoms with Crippen LogP contribution in [0.1, 0.15) is 12.2 Å². The number of hydrogen-bond donors (Lipinski definition) is 0. The lowest BCUT2D eigenvalue weighted by molar-refractivity contribution is -0.141. The highest BCUT2D eigenvalue weighted by Crippen LogP contribution is 2.17. The number of esters is 1. The topological polar surface area (TPSA) is 78.2 Å². The van der Waals surface area contributed by atoms with Gasteiger partial charge in [0, 0.05) is 12.6 Å². The number of methoxy groups -OCH3 is 2. The van der Waals surface area contributed by atoms with Gasteiger partial charge in [-0.3, -0.25) is 9.59 Å². The molecule has 0 saturated carbocycles. The minimum absolute atomic E-state index is 0.110. The second-order valence-electron chi connectivity index (χ2n) is 5.52. The summed E-state index contributed by atoms with van der Waals surface area (Å²) < 4.78 is 20.6. The van der Waals surface area contributed by atoms with E-state index in [1.807, 2.05) is 0 Å². The molecule has 1 amide bonds. The Morgan fingerprint density at radius 1 is 1.07 bits per heavy atom. The highest BCUT2D eigenvalue weighted by Gasteiger charge is 2.13. The molecule has 0 fully saturated rings. The molecule has 7 heteroatoms. The summed E-state index contributed by atoms with van der Waals surface area (Å²) in [5.41, 5.74) is 0. The van der Waals surface area contributed by atoms with Crippen LogP contribution in [0.4, 0.5) is 0 Å². The van der Waals surface area contributed by atoms with Gasteiger partial charge in [0.2, 0.25) is 5.91 Å². The van der Waals surface area contributed by atoms with Gasteiger partial charge in [0.05, 0.1) is 33.4 Å². The molecule has 0 bridgehead atoms. The molecule has 0 unspecified atom stereocenters. The van der Waals surface area contributed by atoms with Gasteiger partial charge in [0.25, 0.3) is 0 Å². The fraction of sp³-hybridized carbons (Fsp3) is 0.300. The van der Waals surface area contributed by atoms with Crippen molar-refractivity contribution in [2.75, 3.05) is 33.9 Å². The van der Waals surface area contributed by atoms with Crippen molar-refractivity contribution in [1.29, 1.82) is 0 Å². The van der Waals surface area contributed by atoms with Crippen LogP contribution in [-0.2, 0) is 14.3 Å². The molecule has 2 rings (SSSR count). The number of furan rings is 1. The molecule has 0 aliphatic carbocycles. The third kappa shape index (κ3) is 6.89. The highest BCUT2D eigenvalue weighted by molar-refractivity contribution is 5.91. The van der Waals surface area contributed by atoms with Crippen molar-refractivity contribution in [2.45, 2.75) is 6.42 Å². The van der Waals surface area contributed by atoms with Crippen LogP contribution in [0.15, 0.2) is 53.2 Å². The van der Waals surface area contributed by atoms with E-state index in [0.717, 1.165) is 5.75 Å². The normalized spacial score (nSPS) is 10.6. The Morgan fingerprint density at radius 2 is 1.81 bits per heavy atom. The van der Waals surface area contributed by atoms with Gasteiger partial charge >= 0.3 is 5.97 Å². The van der Waals surface area contributed by atoms with E-state index < -0.39 is 0 Å². The van der Waals surface area contributed by atoms with Crippen molar-refractivity contribution in [2.24, 2.45) is 0 Å². The van der Waals surface area contributed by atoms with Gasteiger partial charge in [-0.1, -0.05) is 0 Å². The van der Waals surface area contributed by atoms with E-state index in [1.54, 1.807) is 49.6 Å². The van der Waals surface area contributed by atoms with Gasteiger partial charge in [-0.15, -0.1) is 0 Å². The first-order chi connectivity index (χ1) is 13.1. The van der Waals surface area contributed by atoms with Crippen LogP contribution in [-0.4, -0.2) is 50.7 Å². The maximum absolute atomic E-state index is 12.4. The van der Waals surface area contributed by atoms with Crippen molar-refractivity contribution in [1.82, 2.24) is 4.90 Å². The van der Waals surface area contributed by atoms with Gasteiger partial charge < -0.3 is 23.5 Å². The molecular weight excluding hydrogens is 350 g/mol. The predicted octanol–water partition coefficient (Wildman–Crippen LogP) is 2.77. The lowest BCUT2D eigenvalue weighted by atomic mass is 10.3. The Morgan fingerprint density at radius 3 is 2.44 bits per heavy atom. The first kappa shape index (κ1) is 20.1. The minimum Gasteiger partial charge on any atom is -0.497 e. The SMILES string of the molecule is COC(=O)CCN(CCOc1ccc(OC)cc1)C(=O)/C=C/c1ccco1. The van der Waals surface area contributed by atoms with Crippen molar-refractivity contribution < 1.29 is 28.2 Å². The zero-order valence-electron chi connectivity index (χ0n) is 15.4. The summed E-state index contributed by atoms with van der Waals surface area (Å²) in [6.07, 6.45) is 4.63. The van der Waals surface area contributed by atoms with Crippen LogP contribution in [0.2, 0.25) is 0 Å². The summed E-state index contributed by atoms with van der Waals surface area (Å²) in [6.45, 7) is 0.845. The quantitative estimate of drug-likeness (QED) is 0.471. The molecule has 27 heavy (non-hydrogen) atoms. The number of rotatable bonds is 10. The smallest absolute Gasteiger partial charge is 0.307 e. The molecule has 0 radical (unpaired) electrons. The number of nitrogens with zero attached hydrogens (tertiary/aromatic N) is 1. The van der Waals surface area contributed by atoms with Crippen molar-refractivity contribution in [3.8, 4) is 11.5 Å². The van der Waals surface area contributed by atoms with Gasteiger partial charge in [0.15, 0.2) is 0 Å². The number of benzene rings is 1. The molecule has 2 aromatic rings. The second kappa shape index (κ2) is 10.7. The first-order valence-corrected chi connectivity index (χ1v) is 8.46. The van der Waals surface area contributed by atoms with Crippen LogP contribution in [0.5, 0.6) is 11.5 Å². The van der Waals surface area contributed by atoms with E-state index in [-0.39, 0.29) is 31.4 Å². The Hall–Kier alpha value is -3.22. The molecule has 0 aliphatic heterocycles. The molecule has 0 aliphatic rings. The number of amides is 1. The summed E-state index contributed by atoms with van der Waals surface area (Å²) in [7, 11) is 2.91. The summed E-state index contributed by atoms with van der Waals surface area (Å²) >= 11 is 0. The van der Waals surface area contributed by atoms with Gasteiger partial charge in [-0.25, -0.2) is 0 Å². The lowest BCUT2D eigenvalue weighted by Gasteiger charge is -2.21. The third-order valence-electron chi connectivity index (χ3n) is 3.75. The van der Waals surface area contributed by atoms with Gasteiger partial charge in [-0.05, 0) is 42.5 Å². The molecule has 0 saturated heterocycles. The lowest BCUT2D eigenvalue weighted by Crippen LogP contribution is -2.35. The van der Waals surface area contributed by atoms with Crippen LogP contribution in [0, 0.1) is 0 Å². The zero-order chi connectivity index (χ0) is 19.5. The first-order valence-electron chi connectivity index (χ1n) is 8.46. The zero-order valence-corrected chi connectivity index (χ0v) is 15.4. The van der Waals surface area contributed by atoms with Crippen LogP contribution < -0.4 is 9.47 Å². The monoisotopic (exact) mass is 373 g/mol. The average Bonchev–Trinajstić information content (AvgIpc) is 3.22. The van der Waals surface area contributed by atoms with Crippen LogP contribution >= 0.6 is 0 Å². The van der Waals surface area contributed by atoms with E-state index in [0.29, 0.717) is 18.1 Å². The molecule has 0 spiro atoms. The maximum Gasteiger partial charge on any atom is 0.307 e. The largest absolute Gasteiger partial charge is 0.497 e. The van der Waals surface area contributed by atoms with E-state index in [2.05, 4.69) is 4.74 Å². The summed E-state index contributed by atoms with van der Waals surface area (Å²) in [4.78, 5) is 25.4. The van der Waals surface area contributed by atoms with Crippen LogP contribution in [0.3, 0.4) is 0 Å². The Kier molecular flexibility index (Phi) is 7.96. The predicted molar refractivity (Wildman–Crippen MR) is 99.4 cm³/mol. The summed E-state index contributed by atoms with van der Waals surface area (Å²) in [6, 6.07) is 10.6. The van der Waals surface area contributed by atoms with E-state index >= 15 is 0 Å². The Balaban J connectivity index is 1.91. The molecule has 7 nitrogen and oxygen atoms in total. The number of carbonyl (C=O) groups excluding carboxylic acids is 2. The number of ether oxygens (including phenoxy) is 3. The molecule has 1 aromatic carbocycles. The fourth-order valence-corrected chi connectivity index (χ4v) is 2.25. The van der Waals surface area contributed by atoms with E-state index in [1.165, 1.54) is 24.3 Å². The van der Waals surface area contributed by atoms with E-state index in [9.17, 15) is 9.59 Å². The van der Waals surface area contributed by atoms with Gasteiger partial charge in [0.1, 0.15) is 23.9 Å². The third-order valence-corrected chi connectivity index (χ3v) is 3.75. The molecule has 1 heterocycles. The van der Waals surface area contributed by atoms with Crippen LogP contribution in [0.25, 0.3) is 6.08 Å². The van der Waals surface area contributed by atoms with Gasteiger partial charge in [-0.2, -0.15) is 0 Å². The number of carbonyl (C=O) groups is 2. The minimum atomic E-state index is -0.376. The van der Waals surface area contributed by atoms with Crippen molar-refractivity contribution >= 4 is 18.0 Å². The fourth-order valence-electron chi connectivity index (χ4n) is 2.25. The van der Waals surface area contributed by atoms with E-state index in [4.69, 9.17) is 13.9 Å². The standard InChI is InChI=1S/C20H23NO6/c1-24-16-5-7-18(8-6-16)27-15-13-21(12-11-20(23)25-2)19(22)10-9-17-4-3-14-26-17/h3-10,14H,11-13,15H2,1-2H3/b10-9+. The molecular formula is C20H23NO6. The maximum atomic E-state index is 12.4.